The molecule has 4 rings (SSSR count). The Bertz CT molecular complexity index is 1180. The molecule has 2 N–H and O–H groups in total. The van der Waals surface area contributed by atoms with Gasteiger partial charge in [-0.3, -0.25) is 4.79 Å². The summed E-state index contributed by atoms with van der Waals surface area (Å²) in [5.41, 5.74) is -0.198. The minimum atomic E-state index is -4.74. The van der Waals surface area contributed by atoms with E-state index < -0.39 is 23.5 Å². The Morgan fingerprint density at radius 3 is 2.53 bits per heavy atom. The number of imidazole rings is 2. The third kappa shape index (κ3) is 3.90. The largest absolute Gasteiger partial charge is 0.433 e. The normalized spacial score (nSPS) is 11.5. The number of nitrogens with one attached hydrogen (secondary N) is 2. The van der Waals surface area contributed by atoms with E-state index in [9.17, 15) is 18.0 Å². The molecule has 0 saturated carbocycles. The van der Waals surface area contributed by atoms with Gasteiger partial charge in [0.15, 0.2) is 5.82 Å². The highest BCUT2D eigenvalue weighted by molar-refractivity contribution is 6.03. The van der Waals surface area contributed by atoms with Crippen molar-refractivity contribution in [2.24, 2.45) is 7.05 Å². The van der Waals surface area contributed by atoms with Crippen molar-refractivity contribution in [2.75, 3.05) is 5.32 Å². The van der Waals surface area contributed by atoms with E-state index in [1.807, 2.05) is 0 Å². The maximum atomic E-state index is 13.3. The van der Waals surface area contributed by atoms with Gasteiger partial charge in [0, 0.05) is 36.8 Å². The average Bonchev–Trinajstić information content (AvgIpc) is 3.39. The minimum Gasteiger partial charge on any atom is -0.345 e. The molecule has 1 amide bonds. The lowest BCUT2D eigenvalue weighted by molar-refractivity contribution is -0.141. The van der Waals surface area contributed by atoms with Crippen LogP contribution in [-0.2, 0) is 13.2 Å². The van der Waals surface area contributed by atoms with Crippen LogP contribution in [0.5, 0.6) is 0 Å². The van der Waals surface area contributed by atoms with Crippen molar-refractivity contribution in [2.45, 2.75) is 6.18 Å². The van der Waals surface area contributed by atoms with Crippen LogP contribution < -0.4 is 5.32 Å². The molecule has 11 heteroatoms. The molecule has 0 atom stereocenters. The van der Waals surface area contributed by atoms with Gasteiger partial charge < -0.3 is 14.9 Å². The number of amides is 1. The first-order valence-electron chi connectivity index (χ1n) is 8.65. The van der Waals surface area contributed by atoms with Crippen molar-refractivity contribution >= 4 is 11.6 Å². The third-order valence-electron chi connectivity index (χ3n) is 4.21. The van der Waals surface area contributed by atoms with Crippen LogP contribution in [0.4, 0.5) is 18.9 Å². The molecule has 1 aromatic carbocycles. The van der Waals surface area contributed by atoms with E-state index in [1.54, 1.807) is 43.7 Å². The lowest BCUT2D eigenvalue weighted by atomic mass is 10.2. The quantitative estimate of drug-likeness (QED) is 0.533. The summed E-state index contributed by atoms with van der Waals surface area (Å²) >= 11 is 0. The maximum Gasteiger partial charge on any atom is 0.433 e. The molecule has 0 saturated heterocycles. The fraction of sp³-hybridized carbons (Fsp3) is 0.105. The van der Waals surface area contributed by atoms with Gasteiger partial charge in [-0.2, -0.15) is 13.2 Å². The van der Waals surface area contributed by atoms with E-state index in [0.717, 1.165) is 5.56 Å². The van der Waals surface area contributed by atoms with E-state index in [-0.39, 0.29) is 11.5 Å². The van der Waals surface area contributed by atoms with Gasteiger partial charge in [-0.1, -0.05) is 0 Å². The van der Waals surface area contributed by atoms with E-state index in [2.05, 4.69) is 30.2 Å². The Hall–Kier alpha value is -4.02. The molecule has 0 aliphatic heterocycles. The molecule has 152 valence electrons. The third-order valence-corrected chi connectivity index (χ3v) is 4.21. The SMILES string of the molecule is Cn1cncc1-c1nc(C(=O)Nc2ccc(-c3ncc[nH]3)cc2)cc(C(F)(F)F)n1. The van der Waals surface area contributed by atoms with Crippen LogP contribution in [0, 0.1) is 0 Å². The Balaban J connectivity index is 1.64. The zero-order valence-corrected chi connectivity index (χ0v) is 15.5. The molecule has 0 radical (unpaired) electrons. The van der Waals surface area contributed by atoms with Crippen LogP contribution >= 0.6 is 0 Å². The molecule has 0 aliphatic carbocycles. The summed E-state index contributed by atoms with van der Waals surface area (Å²) in [6.07, 6.45) is 1.27. The van der Waals surface area contributed by atoms with E-state index in [4.69, 9.17) is 0 Å². The van der Waals surface area contributed by atoms with Crippen LogP contribution in [0.15, 0.2) is 55.2 Å². The lowest BCUT2D eigenvalue weighted by Gasteiger charge is -2.11. The summed E-state index contributed by atoms with van der Waals surface area (Å²) in [6, 6.07) is 7.28. The summed E-state index contributed by atoms with van der Waals surface area (Å²) in [5, 5.41) is 2.55. The van der Waals surface area contributed by atoms with Crippen molar-refractivity contribution in [1.82, 2.24) is 29.5 Å². The highest BCUT2D eigenvalue weighted by Gasteiger charge is 2.34. The van der Waals surface area contributed by atoms with Crippen LogP contribution in [-0.4, -0.2) is 35.4 Å². The van der Waals surface area contributed by atoms with Crippen LogP contribution in [0.1, 0.15) is 16.2 Å². The molecular weight excluding hydrogens is 399 g/mol. The van der Waals surface area contributed by atoms with Crippen molar-refractivity contribution in [1.29, 1.82) is 0 Å². The number of carbonyl (C=O) groups is 1. The second kappa shape index (κ2) is 7.43. The number of hydrogen-bond donors (Lipinski definition) is 2. The molecule has 8 nitrogen and oxygen atoms in total. The fourth-order valence-corrected chi connectivity index (χ4v) is 2.73. The number of aryl methyl sites for hydroxylation is 1. The fourth-order valence-electron chi connectivity index (χ4n) is 2.73. The standard InChI is InChI=1S/C19H14F3N7O/c1-29-10-23-9-14(29)17-27-13(8-15(28-17)19(20,21)22)18(30)26-12-4-2-11(3-5-12)16-24-6-7-25-16/h2-10H,1H3,(H,24,25)(H,26,30). The zero-order chi connectivity index (χ0) is 21.3. The van der Waals surface area contributed by atoms with Gasteiger partial charge in [0.05, 0.1) is 12.5 Å². The number of halogens is 3. The Morgan fingerprint density at radius 1 is 1.17 bits per heavy atom. The number of hydrogen-bond acceptors (Lipinski definition) is 5. The second-order valence-corrected chi connectivity index (χ2v) is 6.32. The summed E-state index contributed by atoms with van der Waals surface area (Å²) < 4.78 is 41.4. The molecule has 30 heavy (non-hydrogen) atoms. The number of anilines is 1. The minimum absolute atomic E-state index is 0.247. The second-order valence-electron chi connectivity index (χ2n) is 6.32. The van der Waals surface area contributed by atoms with Crippen molar-refractivity contribution in [3.8, 4) is 22.9 Å². The average molecular weight is 413 g/mol. The number of nitrogens with zero attached hydrogens (tertiary/aromatic N) is 5. The first-order chi connectivity index (χ1) is 14.3. The predicted molar refractivity (Wildman–Crippen MR) is 101 cm³/mol. The van der Waals surface area contributed by atoms with Crippen LogP contribution in [0.2, 0.25) is 0 Å². The van der Waals surface area contributed by atoms with Gasteiger partial charge in [-0.15, -0.1) is 0 Å². The zero-order valence-electron chi connectivity index (χ0n) is 15.5. The van der Waals surface area contributed by atoms with Crippen LogP contribution in [0.3, 0.4) is 0 Å². The van der Waals surface area contributed by atoms with Gasteiger partial charge in [-0.25, -0.2) is 19.9 Å². The van der Waals surface area contributed by atoms with Crippen molar-refractivity contribution < 1.29 is 18.0 Å². The number of carbonyl (C=O) groups excluding carboxylic acids is 1. The van der Waals surface area contributed by atoms with E-state index >= 15 is 0 Å². The predicted octanol–water partition coefficient (Wildman–Crippen LogP) is 3.54. The van der Waals surface area contributed by atoms with E-state index in [0.29, 0.717) is 17.6 Å². The number of alkyl halides is 3. The molecule has 4 aromatic rings. The Kier molecular flexibility index (Phi) is 4.78. The monoisotopic (exact) mass is 413 g/mol. The first kappa shape index (κ1) is 19.3. The maximum absolute atomic E-state index is 13.3. The Labute approximate surface area is 167 Å². The summed E-state index contributed by atoms with van der Waals surface area (Å²) in [7, 11) is 1.59. The highest BCUT2D eigenvalue weighted by atomic mass is 19.4. The molecule has 3 aromatic heterocycles. The lowest BCUT2D eigenvalue weighted by Crippen LogP contribution is -2.18. The molecule has 0 spiro atoms. The smallest absolute Gasteiger partial charge is 0.345 e. The molecule has 0 bridgehead atoms. The molecule has 3 heterocycles. The van der Waals surface area contributed by atoms with Crippen molar-refractivity contribution in [3.05, 3.63) is 66.6 Å². The molecule has 0 aliphatic rings. The molecular formula is C19H14F3N7O. The van der Waals surface area contributed by atoms with Gasteiger partial charge in [0.1, 0.15) is 22.9 Å². The summed E-state index contributed by atoms with van der Waals surface area (Å²) in [5.74, 6) is -0.389. The van der Waals surface area contributed by atoms with Gasteiger partial charge >= 0.3 is 6.18 Å². The molecule has 0 fully saturated rings. The number of rotatable bonds is 4. The number of H-pyrrole nitrogens is 1. The Morgan fingerprint density at radius 2 is 1.93 bits per heavy atom. The van der Waals surface area contributed by atoms with Gasteiger partial charge in [0.2, 0.25) is 0 Å². The van der Waals surface area contributed by atoms with Gasteiger partial charge in [0.25, 0.3) is 5.91 Å². The summed E-state index contributed by atoms with van der Waals surface area (Å²) in [4.78, 5) is 31.1. The van der Waals surface area contributed by atoms with Crippen LogP contribution in [0.25, 0.3) is 22.9 Å². The first-order valence-corrected chi connectivity index (χ1v) is 8.65. The number of aromatic amines is 1. The number of aromatic nitrogens is 6. The molecule has 0 unspecified atom stereocenters. The van der Waals surface area contributed by atoms with Crippen molar-refractivity contribution in [3.63, 3.8) is 0 Å². The van der Waals surface area contributed by atoms with Gasteiger partial charge in [-0.05, 0) is 24.3 Å². The van der Waals surface area contributed by atoms with E-state index in [1.165, 1.54) is 17.1 Å². The summed E-state index contributed by atoms with van der Waals surface area (Å²) in [6.45, 7) is 0. The highest BCUT2D eigenvalue weighted by Crippen LogP contribution is 2.29. The topological polar surface area (TPSA) is 101 Å². The number of benzene rings is 1.